The van der Waals surface area contributed by atoms with Crippen LogP contribution in [0.5, 0.6) is 0 Å². The van der Waals surface area contributed by atoms with Gasteiger partial charge in [-0.25, -0.2) is 0 Å². The Balaban J connectivity index is 1.42. The number of rotatable bonds is 7. The number of para-hydroxylation sites is 1. The van der Waals surface area contributed by atoms with Crippen LogP contribution < -0.4 is 10.2 Å². The van der Waals surface area contributed by atoms with Crippen LogP contribution in [0.4, 0.5) is 5.69 Å². The molecule has 29 heavy (non-hydrogen) atoms. The first-order chi connectivity index (χ1) is 14.2. The van der Waals surface area contributed by atoms with E-state index in [9.17, 15) is 9.59 Å². The molecule has 3 aromatic rings. The third-order valence-electron chi connectivity index (χ3n) is 5.13. The Morgan fingerprint density at radius 1 is 0.897 bits per heavy atom. The molecule has 4 rings (SSSR count). The highest BCUT2D eigenvalue weighted by molar-refractivity contribution is 6.01. The van der Waals surface area contributed by atoms with Crippen LogP contribution in [0, 0.1) is 11.8 Å². The van der Waals surface area contributed by atoms with Gasteiger partial charge in [0.15, 0.2) is 0 Å². The number of pyridine rings is 1. The van der Waals surface area contributed by atoms with Gasteiger partial charge in [-0.1, -0.05) is 54.6 Å². The standard InChI is InChI=1S/C24H23N3O2/c28-23(26-16-19-11-7-8-14-25-19)21-15-22(21)24(29)27(20-12-5-2-6-13-20)17-18-9-3-1-4-10-18/h1-14,21-22H,15-17H2,(H,26,28). The van der Waals surface area contributed by atoms with E-state index in [1.807, 2.05) is 78.9 Å². The molecule has 2 amide bonds. The van der Waals surface area contributed by atoms with Gasteiger partial charge in [0.2, 0.25) is 11.8 Å². The monoisotopic (exact) mass is 385 g/mol. The van der Waals surface area contributed by atoms with Gasteiger partial charge in [-0.3, -0.25) is 14.6 Å². The van der Waals surface area contributed by atoms with E-state index in [-0.39, 0.29) is 23.7 Å². The van der Waals surface area contributed by atoms with Gasteiger partial charge >= 0.3 is 0 Å². The maximum absolute atomic E-state index is 13.2. The summed E-state index contributed by atoms with van der Waals surface area (Å²) < 4.78 is 0. The van der Waals surface area contributed by atoms with Crippen LogP contribution in [-0.4, -0.2) is 16.8 Å². The number of carbonyl (C=O) groups is 2. The van der Waals surface area contributed by atoms with Crippen molar-refractivity contribution in [3.63, 3.8) is 0 Å². The van der Waals surface area contributed by atoms with Gasteiger partial charge in [-0.15, -0.1) is 0 Å². The fourth-order valence-corrected chi connectivity index (χ4v) is 3.44. The summed E-state index contributed by atoms with van der Waals surface area (Å²) in [4.78, 5) is 31.7. The first kappa shape index (κ1) is 18.9. The minimum Gasteiger partial charge on any atom is -0.350 e. The van der Waals surface area contributed by atoms with Crippen LogP contribution >= 0.6 is 0 Å². The highest BCUT2D eigenvalue weighted by Crippen LogP contribution is 2.41. The molecule has 1 aliphatic carbocycles. The van der Waals surface area contributed by atoms with Gasteiger partial charge in [0.1, 0.15) is 0 Å². The van der Waals surface area contributed by atoms with Gasteiger partial charge in [0.25, 0.3) is 0 Å². The predicted molar refractivity (Wildman–Crippen MR) is 112 cm³/mol. The predicted octanol–water partition coefficient (Wildman–Crippen LogP) is 3.57. The summed E-state index contributed by atoms with van der Waals surface area (Å²) in [6, 6.07) is 25.1. The molecular formula is C24H23N3O2. The largest absolute Gasteiger partial charge is 0.350 e. The van der Waals surface area contributed by atoms with E-state index in [2.05, 4.69) is 10.3 Å². The lowest BCUT2D eigenvalue weighted by molar-refractivity contribution is -0.126. The third-order valence-corrected chi connectivity index (χ3v) is 5.13. The highest BCUT2D eigenvalue weighted by atomic mass is 16.2. The van der Waals surface area contributed by atoms with Crippen molar-refractivity contribution in [3.8, 4) is 0 Å². The third kappa shape index (κ3) is 4.69. The summed E-state index contributed by atoms with van der Waals surface area (Å²) in [7, 11) is 0. The minimum atomic E-state index is -0.275. The Hall–Kier alpha value is -3.47. The van der Waals surface area contributed by atoms with Gasteiger partial charge in [-0.2, -0.15) is 0 Å². The normalized spacial score (nSPS) is 17.4. The maximum atomic E-state index is 13.2. The summed E-state index contributed by atoms with van der Waals surface area (Å²) in [5.41, 5.74) is 2.71. The molecule has 0 aliphatic heterocycles. The molecule has 0 bridgehead atoms. The molecule has 1 aromatic heterocycles. The van der Waals surface area contributed by atoms with E-state index in [1.54, 1.807) is 11.1 Å². The van der Waals surface area contributed by atoms with E-state index in [1.165, 1.54) is 0 Å². The Labute approximate surface area is 170 Å². The number of aromatic nitrogens is 1. The van der Waals surface area contributed by atoms with Gasteiger partial charge in [0.05, 0.1) is 30.6 Å². The van der Waals surface area contributed by atoms with Gasteiger partial charge in [-0.05, 0) is 36.2 Å². The first-order valence-corrected chi connectivity index (χ1v) is 9.80. The summed E-state index contributed by atoms with van der Waals surface area (Å²) in [5, 5.41) is 2.90. The fraction of sp³-hybridized carbons (Fsp3) is 0.208. The second-order valence-electron chi connectivity index (χ2n) is 7.23. The van der Waals surface area contributed by atoms with Crippen LogP contribution in [0.1, 0.15) is 17.7 Å². The molecular weight excluding hydrogens is 362 g/mol. The highest BCUT2D eigenvalue weighted by Gasteiger charge is 2.49. The van der Waals surface area contributed by atoms with E-state index in [0.717, 1.165) is 16.9 Å². The smallest absolute Gasteiger partial charge is 0.231 e. The van der Waals surface area contributed by atoms with Crippen molar-refractivity contribution in [3.05, 3.63) is 96.3 Å². The molecule has 2 unspecified atom stereocenters. The average Bonchev–Trinajstić information content (AvgIpc) is 3.58. The summed E-state index contributed by atoms with van der Waals surface area (Å²) in [6.07, 6.45) is 2.29. The number of carbonyl (C=O) groups excluding carboxylic acids is 2. The van der Waals surface area contributed by atoms with E-state index in [4.69, 9.17) is 0 Å². The molecule has 1 saturated carbocycles. The quantitative estimate of drug-likeness (QED) is 0.676. The lowest BCUT2D eigenvalue weighted by Gasteiger charge is -2.23. The number of hydrogen-bond donors (Lipinski definition) is 1. The summed E-state index contributed by atoms with van der Waals surface area (Å²) in [5.74, 6) is -0.629. The zero-order valence-electron chi connectivity index (χ0n) is 16.1. The molecule has 1 aliphatic rings. The zero-order valence-corrected chi connectivity index (χ0v) is 16.1. The lowest BCUT2D eigenvalue weighted by Crippen LogP contribution is -2.34. The SMILES string of the molecule is O=C(NCc1ccccn1)C1CC1C(=O)N(Cc1ccccc1)c1ccccc1. The molecule has 5 heteroatoms. The van der Waals surface area contributed by atoms with Crippen LogP contribution in [-0.2, 0) is 22.7 Å². The van der Waals surface area contributed by atoms with Crippen LogP contribution in [0.3, 0.4) is 0 Å². The average molecular weight is 385 g/mol. The first-order valence-electron chi connectivity index (χ1n) is 9.80. The molecule has 1 N–H and O–H groups in total. The number of benzene rings is 2. The lowest BCUT2D eigenvalue weighted by atomic mass is 10.1. The van der Waals surface area contributed by atoms with Crippen molar-refractivity contribution in [2.45, 2.75) is 19.5 Å². The van der Waals surface area contributed by atoms with Crippen molar-refractivity contribution < 1.29 is 9.59 Å². The molecule has 0 spiro atoms. The number of nitrogens with zero attached hydrogens (tertiary/aromatic N) is 2. The molecule has 0 radical (unpaired) electrons. The van der Waals surface area contributed by atoms with Gasteiger partial charge < -0.3 is 10.2 Å². The number of nitrogens with one attached hydrogen (secondary N) is 1. The molecule has 1 fully saturated rings. The van der Waals surface area contributed by atoms with Crippen molar-refractivity contribution in [2.75, 3.05) is 4.90 Å². The number of amides is 2. The molecule has 0 saturated heterocycles. The van der Waals surface area contributed by atoms with Crippen LogP contribution in [0.15, 0.2) is 85.1 Å². The topological polar surface area (TPSA) is 62.3 Å². The van der Waals surface area contributed by atoms with Crippen molar-refractivity contribution in [1.82, 2.24) is 10.3 Å². The van der Waals surface area contributed by atoms with Crippen molar-refractivity contribution >= 4 is 17.5 Å². The molecule has 2 atom stereocenters. The molecule has 2 aromatic carbocycles. The van der Waals surface area contributed by atoms with E-state index >= 15 is 0 Å². The number of anilines is 1. The van der Waals surface area contributed by atoms with Crippen LogP contribution in [0.25, 0.3) is 0 Å². The van der Waals surface area contributed by atoms with Crippen molar-refractivity contribution in [2.24, 2.45) is 11.8 Å². The van der Waals surface area contributed by atoms with Crippen LogP contribution in [0.2, 0.25) is 0 Å². The minimum absolute atomic E-state index is 0.00182. The second kappa shape index (κ2) is 8.69. The summed E-state index contributed by atoms with van der Waals surface area (Å²) >= 11 is 0. The van der Waals surface area contributed by atoms with E-state index in [0.29, 0.717) is 19.5 Å². The fourth-order valence-electron chi connectivity index (χ4n) is 3.44. The zero-order chi connectivity index (χ0) is 20.1. The maximum Gasteiger partial charge on any atom is 0.231 e. The van der Waals surface area contributed by atoms with Gasteiger partial charge in [0, 0.05) is 11.9 Å². The number of hydrogen-bond acceptors (Lipinski definition) is 3. The Morgan fingerprint density at radius 2 is 1.59 bits per heavy atom. The second-order valence-corrected chi connectivity index (χ2v) is 7.23. The Morgan fingerprint density at radius 3 is 2.28 bits per heavy atom. The molecule has 1 heterocycles. The molecule has 5 nitrogen and oxygen atoms in total. The van der Waals surface area contributed by atoms with Crippen molar-refractivity contribution in [1.29, 1.82) is 0 Å². The Kier molecular flexibility index (Phi) is 5.66. The molecule has 146 valence electrons. The summed E-state index contributed by atoms with van der Waals surface area (Å²) in [6.45, 7) is 0.867. The Bertz CT molecular complexity index is 961. The van der Waals surface area contributed by atoms with E-state index < -0.39 is 0 Å².